The molecule has 2 N–H and O–H groups in total. The van der Waals surface area contributed by atoms with Crippen molar-refractivity contribution in [3.05, 3.63) is 56.8 Å². The molecular formula is C17H17ClN2O3. The summed E-state index contributed by atoms with van der Waals surface area (Å²) in [5, 5.41) is 2.98. The lowest BCUT2D eigenvalue weighted by Crippen LogP contribution is -2.18. The van der Waals surface area contributed by atoms with Gasteiger partial charge in [0.2, 0.25) is 5.56 Å². The molecule has 1 amide bonds. The maximum absolute atomic E-state index is 12.5. The molecule has 0 atom stereocenters. The third-order valence-corrected chi connectivity index (χ3v) is 3.93. The van der Waals surface area contributed by atoms with Gasteiger partial charge in [0.05, 0.1) is 11.6 Å². The largest absolute Gasteiger partial charge is 0.492 e. The zero-order chi connectivity index (χ0) is 16.4. The maximum Gasteiger partial charge on any atom is 0.262 e. The number of aromatic amines is 1. The third kappa shape index (κ3) is 3.93. The van der Waals surface area contributed by atoms with E-state index in [0.29, 0.717) is 29.1 Å². The van der Waals surface area contributed by atoms with Crippen LogP contribution in [0.5, 0.6) is 5.75 Å². The highest BCUT2D eigenvalue weighted by Gasteiger charge is 2.24. The van der Waals surface area contributed by atoms with Crippen LogP contribution in [0.15, 0.2) is 35.1 Å². The van der Waals surface area contributed by atoms with Crippen molar-refractivity contribution in [3.8, 4) is 5.75 Å². The summed E-state index contributed by atoms with van der Waals surface area (Å²) < 4.78 is 5.73. The second-order valence-corrected chi connectivity index (χ2v) is 6.16. The number of pyridine rings is 1. The molecule has 1 aromatic heterocycles. The van der Waals surface area contributed by atoms with Crippen molar-refractivity contribution in [2.24, 2.45) is 5.92 Å². The van der Waals surface area contributed by atoms with Gasteiger partial charge in [-0.15, -0.1) is 0 Å². The fourth-order valence-electron chi connectivity index (χ4n) is 2.27. The molecular weight excluding hydrogens is 316 g/mol. The van der Waals surface area contributed by atoms with Crippen LogP contribution in [0.4, 0.5) is 5.82 Å². The van der Waals surface area contributed by atoms with Crippen LogP contribution in [0.1, 0.15) is 28.8 Å². The zero-order valence-electron chi connectivity index (χ0n) is 12.7. The number of aryl methyl sites for hydroxylation is 1. The summed E-state index contributed by atoms with van der Waals surface area (Å²) in [6.45, 7) is 2.37. The average molecular weight is 333 g/mol. The van der Waals surface area contributed by atoms with Gasteiger partial charge in [0.1, 0.15) is 17.1 Å². The second kappa shape index (κ2) is 6.46. The molecule has 120 valence electrons. The number of halogens is 1. The van der Waals surface area contributed by atoms with Gasteiger partial charge in [0.25, 0.3) is 5.91 Å². The number of carbonyl (C=O) groups excluding carboxylic acids is 1. The van der Waals surface area contributed by atoms with E-state index in [0.717, 1.165) is 18.4 Å². The maximum atomic E-state index is 12.5. The molecule has 0 radical (unpaired) electrons. The van der Waals surface area contributed by atoms with E-state index in [9.17, 15) is 9.59 Å². The van der Waals surface area contributed by atoms with Gasteiger partial charge in [-0.2, -0.15) is 0 Å². The number of benzene rings is 1. The highest BCUT2D eigenvalue weighted by atomic mass is 35.5. The van der Waals surface area contributed by atoms with Gasteiger partial charge in [-0.3, -0.25) is 9.59 Å². The fraction of sp³-hybridized carbons (Fsp3) is 0.294. The number of carbonyl (C=O) groups is 1. The predicted molar refractivity (Wildman–Crippen MR) is 89.4 cm³/mol. The molecule has 1 aliphatic rings. The van der Waals surface area contributed by atoms with Crippen molar-refractivity contribution in [1.29, 1.82) is 0 Å². The number of H-pyrrole nitrogens is 1. The van der Waals surface area contributed by atoms with Crippen LogP contribution in [-0.4, -0.2) is 17.5 Å². The SMILES string of the molecule is Cc1cc(NC(=O)c2c(Cl)cccc2OCC2CC2)[nH]c(=O)c1. The van der Waals surface area contributed by atoms with E-state index in [2.05, 4.69) is 10.3 Å². The van der Waals surface area contributed by atoms with Crippen LogP contribution in [0.2, 0.25) is 5.02 Å². The number of hydrogen-bond acceptors (Lipinski definition) is 3. The van der Waals surface area contributed by atoms with Crippen molar-refractivity contribution >= 4 is 23.3 Å². The van der Waals surface area contributed by atoms with Gasteiger partial charge >= 0.3 is 0 Å². The van der Waals surface area contributed by atoms with E-state index in [-0.39, 0.29) is 11.1 Å². The average Bonchev–Trinajstić information content (AvgIpc) is 3.27. The highest BCUT2D eigenvalue weighted by Crippen LogP contribution is 2.32. The molecule has 1 saturated carbocycles. The van der Waals surface area contributed by atoms with Gasteiger partial charge in [-0.1, -0.05) is 17.7 Å². The molecule has 5 nitrogen and oxygen atoms in total. The third-order valence-electron chi connectivity index (χ3n) is 3.61. The smallest absolute Gasteiger partial charge is 0.262 e. The van der Waals surface area contributed by atoms with E-state index in [1.165, 1.54) is 6.07 Å². The first-order valence-corrected chi connectivity index (χ1v) is 7.84. The number of ether oxygens (including phenoxy) is 1. The first kappa shape index (κ1) is 15.6. The Hall–Kier alpha value is -2.27. The number of amides is 1. The summed E-state index contributed by atoms with van der Waals surface area (Å²) in [5.41, 5.74) is 0.759. The monoisotopic (exact) mass is 332 g/mol. The lowest BCUT2D eigenvalue weighted by molar-refractivity contribution is 0.102. The van der Waals surface area contributed by atoms with Gasteiger partial charge in [-0.25, -0.2) is 0 Å². The summed E-state index contributed by atoms with van der Waals surface area (Å²) in [6, 6.07) is 8.24. The van der Waals surface area contributed by atoms with Crippen molar-refractivity contribution < 1.29 is 9.53 Å². The van der Waals surface area contributed by atoms with Crippen LogP contribution in [0.3, 0.4) is 0 Å². The van der Waals surface area contributed by atoms with Crippen molar-refractivity contribution in [2.75, 3.05) is 11.9 Å². The normalized spacial score (nSPS) is 13.7. The Morgan fingerprint density at radius 1 is 1.39 bits per heavy atom. The Morgan fingerprint density at radius 3 is 2.87 bits per heavy atom. The van der Waals surface area contributed by atoms with Crippen molar-refractivity contribution in [2.45, 2.75) is 19.8 Å². The summed E-state index contributed by atoms with van der Waals surface area (Å²) in [4.78, 5) is 26.6. The van der Waals surface area contributed by atoms with Gasteiger partial charge in [0.15, 0.2) is 0 Å². The minimum Gasteiger partial charge on any atom is -0.492 e. The Bertz CT molecular complexity index is 797. The fourth-order valence-corrected chi connectivity index (χ4v) is 2.52. The predicted octanol–water partition coefficient (Wildman–Crippen LogP) is 3.38. The van der Waals surface area contributed by atoms with Gasteiger partial charge in [0, 0.05) is 6.07 Å². The van der Waals surface area contributed by atoms with Crippen LogP contribution in [0, 0.1) is 12.8 Å². The first-order chi connectivity index (χ1) is 11.0. The Kier molecular flexibility index (Phi) is 4.39. The molecule has 23 heavy (non-hydrogen) atoms. The topological polar surface area (TPSA) is 71.2 Å². The Labute approximate surface area is 138 Å². The van der Waals surface area contributed by atoms with E-state index >= 15 is 0 Å². The lowest BCUT2D eigenvalue weighted by atomic mass is 10.2. The van der Waals surface area contributed by atoms with E-state index < -0.39 is 5.91 Å². The van der Waals surface area contributed by atoms with E-state index in [4.69, 9.17) is 16.3 Å². The Morgan fingerprint density at radius 2 is 2.17 bits per heavy atom. The van der Waals surface area contributed by atoms with Crippen LogP contribution >= 0.6 is 11.6 Å². The molecule has 0 aliphatic heterocycles. The molecule has 1 heterocycles. The lowest BCUT2D eigenvalue weighted by Gasteiger charge is -2.13. The number of anilines is 1. The molecule has 1 fully saturated rings. The number of hydrogen-bond donors (Lipinski definition) is 2. The quantitative estimate of drug-likeness (QED) is 0.881. The van der Waals surface area contributed by atoms with E-state index in [1.807, 2.05) is 0 Å². The van der Waals surface area contributed by atoms with Crippen LogP contribution in [-0.2, 0) is 0 Å². The first-order valence-electron chi connectivity index (χ1n) is 7.46. The van der Waals surface area contributed by atoms with Crippen LogP contribution in [0.25, 0.3) is 0 Å². The number of aromatic nitrogens is 1. The molecule has 6 heteroatoms. The minimum absolute atomic E-state index is 0.273. The summed E-state index contributed by atoms with van der Waals surface area (Å²) in [5.74, 6) is 0.936. The molecule has 2 aromatic rings. The molecule has 1 aromatic carbocycles. The van der Waals surface area contributed by atoms with Gasteiger partial charge < -0.3 is 15.0 Å². The Balaban J connectivity index is 1.84. The summed E-state index contributed by atoms with van der Waals surface area (Å²) in [7, 11) is 0. The second-order valence-electron chi connectivity index (χ2n) is 5.76. The van der Waals surface area contributed by atoms with E-state index in [1.54, 1.807) is 31.2 Å². The van der Waals surface area contributed by atoms with Crippen molar-refractivity contribution in [1.82, 2.24) is 4.98 Å². The number of rotatable bonds is 5. The zero-order valence-corrected chi connectivity index (χ0v) is 13.4. The molecule has 1 aliphatic carbocycles. The summed E-state index contributed by atoms with van der Waals surface area (Å²) in [6.07, 6.45) is 2.32. The number of nitrogens with one attached hydrogen (secondary N) is 2. The molecule has 0 bridgehead atoms. The standard InChI is InChI=1S/C17H17ClN2O3/c1-10-7-14(19-15(21)8-10)20-17(22)16-12(18)3-2-4-13(16)23-9-11-5-6-11/h2-4,7-8,11H,5-6,9H2,1H3,(H2,19,20,21,22). The van der Waals surface area contributed by atoms with Crippen molar-refractivity contribution in [3.63, 3.8) is 0 Å². The summed E-state index contributed by atoms with van der Waals surface area (Å²) >= 11 is 6.17. The highest BCUT2D eigenvalue weighted by molar-refractivity contribution is 6.34. The van der Waals surface area contributed by atoms with Crippen LogP contribution < -0.4 is 15.6 Å². The molecule has 0 saturated heterocycles. The molecule has 0 unspecified atom stereocenters. The van der Waals surface area contributed by atoms with Gasteiger partial charge in [-0.05, 0) is 49.4 Å². The molecule has 3 rings (SSSR count). The minimum atomic E-state index is -0.414. The molecule has 0 spiro atoms.